The monoisotopic (exact) mass is 260 g/mol. The van der Waals surface area contributed by atoms with Gasteiger partial charge in [0.25, 0.3) is 0 Å². The minimum atomic E-state index is 0.0561. The van der Waals surface area contributed by atoms with Gasteiger partial charge >= 0.3 is 0 Å². The molecule has 3 rings (SSSR count). The van der Waals surface area contributed by atoms with E-state index in [1.54, 1.807) is 0 Å². The van der Waals surface area contributed by atoms with E-state index in [-0.39, 0.29) is 6.61 Å². The summed E-state index contributed by atoms with van der Waals surface area (Å²) >= 11 is 0. The van der Waals surface area contributed by atoms with E-state index < -0.39 is 0 Å². The quantitative estimate of drug-likeness (QED) is 0.734. The molecule has 0 saturated carbocycles. The van der Waals surface area contributed by atoms with E-state index in [0.29, 0.717) is 0 Å². The topological polar surface area (TPSA) is 20.2 Å². The Morgan fingerprint density at radius 1 is 0.550 bits per heavy atom. The van der Waals surface area contributed by atoms with Gasteiger partial charge in [-0.15, -0.1) is 0 Å². The van der Waals surface area contributed by atoms with Crippen LogP contribution in [-0.2, 0) is 6.61 Å². The zero-order valence-electron chi connectivity index (χ0n) is 11.2. The molecule has 0 fully saturated rings. The molecule has 0 aromatic heterocycles. The summed E-state index contributed by atoms with van der Waals surface area (Å²) in [6.07, 6.45) is 0. The van der Waals surface area contributed by atoms with Crippen LogP contribution in [0.2, 0.25) is 0 Å². The highest BCUT2D eigenvalue weighted by Crippen LogP contribution is 2.28. The van der Waals surface area contributed by atoms with Crippen LogP contribution in [0.5, 0.6) is 0 Å². The maximum atomic E-state index is 9.48. The fraction of sp³-hybridized carbons (Fsp3) is 0.0526. The fourth-order valence-electron chi connectivity index (χ4n) is 2.38. The largest absolute Gasteiger partial charge is 0.392 e. The number of rotatable bonds is 3. The second kappa shape index (κ2) is 5.72. The highest BCUT2D eigenvalue weighted by molar-refractivity contribution is 5.74. The van der Waals surface area contributed by atoms with Crippen molar-refractivity contribution in [2.75, 3.05) is 0 Å². The van der Waals surface area contributed by atoms with E-state index in [0.717, 1.165) is 16.7 Å². The molecule has 0 aliphatic rings. The van der Waals surface area contributed by atoms with Gasteiger partial charge in [-0.1, -0.05) is 60.7 Å². The lowest BCUT2D eigenvalue weighted by Gasteiger charge is -2.09. The first-order chi connectivity index (χ1) is 9.86. The Labute approximate surface area is 119 Å². The molecule has 0 aliphatic heterocycles. The third-order valence-corrected chi connectivity index (χ3v) is 3.39. The summed E-state index contributed by atoms with van der Waals surface area (Å²) in [6.45, 7) is 0.0561. The lowest BCUT2D eigenvalue weighted by Crippen LogP contribution is -1.88. The number of hydrogen-bond acceptors (Lipinski definition) is 1. The molecule has 20 heavy (non-hydrogen) atoms. The Bertz CT molecular complexity index is 630. The normalized spacial score (nSPS) is 10.4. The molecular formula is C19H16O. The van der Waals surface area contributed by atoms with Gasteiger partial charge in [0.2, 0.25) is 0 Å². The van der Waals surface area contributed by atoms with Crippen LogP contribution in [0.3, 0.4) is 0 Å². The van der Waals surface area contributed by atoms with Crippen molar-refractivity contribution in [2.24, 2.45) is 0 Å². The molecule has 0 saturated heterocycles. The average Bonchev–Trinajstić information content (AvgIpc) is 2.56. The van der Waals surface area contributed by atoms with Gasteiger partial charge < -0.3 is 5.11 Å². The molecule has 0 spiro atoms. The van der Waals surface area contributed by atoms with Gasteiger partial charge in [0.05, 0.1) is 6.61 Å². The van der Waals surface area contributed by atoms with Crippen molar-refractivity contribution in [3.05, 3.63) is 84.4 Å². The zero-order valence-corrected chi connectivity index (χ0v) is 11.2. The number of hydrogen-bond donors (Lipinski definition) is 1. The Kier molecular flexibility index (Phi) is 3.62. The van der Waals surface area contributed by atoms with E-state index in [4.69, 9.17) is 0 Å². The lowest BCUT2D eigenvalue weighted by molar-refractivity contribution is 0.282. The molecule has 1 N–H and O–H groups in total. The van der Waals surface area contributed by atoms with Crippen LogP contribution in [0.1, 0.15) is 5.56 Å². The van der Waals surface area contributed by atoms with Crippen molar-refractivity contribution in [1.82, 2.24) is 0 Å². The van der Waals surface area contributed by atoms with Gasteiger partial charge in [0.15, 0.2) is 0 Å². The smallest absolute Gasteiger partial charge is 0.0682 e. The van der Waals surface area contributed by atoms with E-state index in [9.17, 15) is 5.11 Å². The van der Waals surface area contributed by atoms with E-state index >= 15 is 0 Å². The summed E-state index contributed by atoms with van der Waals surface area (Å²) < 4.78 is 0. The lowest BCUT2D eigenvalue weighted by atomic mass is 9.96. The van der Waals surface area contributed by atoms with Crippen molar-refractivity contribution in [3.8, 4) is 22.3 Å². The third kappa shape index (κ3) is 2.63. The minimum Gasteiger partial charge on any atom is -0.392 e. The van der Waals surface area contributed by atoms with Crippen LogP contribution in [0.4, 0.5) is 0 Å². The molecular weight excluding hydrogens is 244 g/mol. The first kappa shape index (κ1) is 12.6. The number of aliphatic hydroxyl groups is 1. The first-order valence-electron chi connectivity index (χ1n) is 6.72. The van der Waals surface area contributed by atoms with Crippen molar-refractivity contribution in [2.45, 2.75) is 6.61 Å². The maximum Gasteiger partial charge on any atom is 0.0682 e. The second-order valence-corrected chi connectivity index (χ2v) is 4.81. The summed E-state index contributed by atoms with van der Waals surface area (Å²) in [5.41, 5.74) is 5.54. The molecule has 1 heteroatoms. The van der Waals surface area contributed by atoms with E-state index in [1.165, 1.54) is 11.1 Å². The molecule has 3 aromatic carbocycles. The molecule has 98 valence electrons. The number of benzene rings is 3. The van der Waals surface area contributed by atoms with Crippen LogP contribution in [0.15, 0.2) is 78.9 Å². The highest BCUT2D eigenvalue weighted by atomic mass is 16.3. The first-order valence-corrected chi connectivity index (χ1v) is 6.72. The Balaban J connectivity index is 2.13. The van der Waals surface area contributed by atoms with Crippen molar-refractivity contribution in [3.63, 3.8) is 0 Å². The predicted molar refractivity (Wildman–Crippen MR) is 83.2 cm³/mol. The van der Waals surface area contributed by atoms with Gasteiger partial charge in [0, 0.05) is 0 Å². The average molecular weight is 260 g/mol. The molecule has 3 aromatic rings. The van der Waals surface area contributed by atoms with Crippen LogP contribution >= 0.6 is 0 Å². The summed E-state index contributed by atoms with van der Waals surface area (Å²) in [5, 5.41) is 9.48. The summed E-state index contributed by atoms with van der Waals surface area (Å²) in [6, 6.07) is 26.8. The summed E-state index contributed by atoms with van der Waals surface area (Å²) in [7, 11) is 0. The van der Waals surface area contributed by atoms with E-state index in [2.05, 4.69) is 30.3 Å². The number of aliphatic hydroxyl groups excluding tert-OH is 1. The van der Waals surface area contributed by atoms with Crippen LogP contribution in [0.25, 0.3) is 22.3 Å². The molecule has 0 amide bonds. The molecule has 0 radical (unpaired) electrons. The third-order valence-electron chi connectivity index (χ3n) is 3.39. The van der Waals surface area contributed by atoms with Crippen LogP contribution in [0, 0.1) is 0 Å². The standard InChI is InChI=1S/C19H16O/c20-14-15-11-18(16-7-3-1-4-8-16)13-19(12-15)17-9-5-2-6-10-17/h1-13,20H,14H2. The minimum absolute atomic E-state index is 0.0561. The molecule has 0 heterocycles. The van der Waals surface area contributed by atoms with E-state index in [1.807, 2.05) is 48.5 Å². The summed E-state index contributed by atoms with van der Waals surface area (Å²) in [4.78, 5) is 0. The van der Waals surface area contributed by atoms with Gasteiger partial charge in [-0.2, -0.15) is 0 Å². The molecule has 0 bridgehead atoms. The SMILES string of the molecule is OCc1cc(-c2ccccc2)cc(-c2ccccc2)c1. The van der Waals surface area contributed by atoms with Crippen LogP contribution in [-0.4, -0.2) is 5.11 Å². The van der Waals surface area contributed by atoms with Gasteiger partial charge in [-0.3, -0.25) is 0 Å². The molecule has 0 aliphatic carbocycles. The van der Waals surface area contributed by atoms with Gasteiger partial charge in [-0.05, 0) is 46.0 Å². The fourth-order valence-corrected chi connectivity index (χ4v) is 2.38. The van der Waals surface area contributed by atoms with Gasteiger partial charge in [0.1, 0.15) is 0 Å². The Morgan fingerprint density at radius 2 is 1.00 bits per heavy atom. The second-order valence-electron chi connectivity index (χ2n) is 4.81. The Hall–Kier alpha value is -2.38. The van der Waals surface area contributed by atoms with Gasteiger partial charge in [-0.25, -0.2) is 0 Å². The molecule has 1 nitrogen and oxygen atoms in total. The highest BCUT2D eigenvalue weighted by Gasteiger charge is 2.04. The summed E-state index contributed by atoms with van der Waals surface area (Å²) in [5.74, 6) is 0. The molecule has 0 unspecified atom stereocenters. The maximum absolute atomic E-state index is 9.48. The van der Waals surface area contributed by atoms with Crippen molar-refractivity contribution < 1.29 is 5.11 Å². The Morgan fingerprint density at radius 3 is 1.40 bits per heavy atom. The molecule has 0 atom stereocenters. The zero-order chi connectivity index (χ0) is 13.8. The van der Waals surface area contributed by atoms with Crippen molar-refractivity contribution in [1.29, 1.82) is 0 Å². The van der Waals surface area contributed by atoms with Crippen LogP contribution < -0.4 is 0 Å². The van der Waals surface area contributed by atoms with Crippen molar-refractivity contribution >= 4 is 0 Å². The predicted octanol–water partition coefficient (Wildman–Crippen LogP) is 4.51.